The van der Waals surface area contributed by atoms with E-state index in [1.54, 1.807) is 5.38 Å². The van der Waals surface area contributed by atoms with Crippen LogP contribution in [-0.2, 0) is 12.7 Å². The molecule has 9 heteroatoms. The fourth-order valence-corrected chi connectivity index (χ4v) is 3.49. The molecular formula is C16H16F3N3O2S. The predicted octanol–water partition coefficient (Wildman–Crippen LogP) is 3.62. The van der Waals surface area contributed by atoms with Gasteiger partial charge in [-0.1, -0.05) is 6.07 Å². The van der Waals surface area contributed by atoms with E-state index in [0.29, 0.717) is 37.7 Å². The summed E-state index contributed by atoms with van der Waals surface area (Å²) in [5, 5.41) is 10.9. The van der Waals surface area contributed by atoms with Crippen molar-refractivity contribution in [2.75, 3.05) is 26.2 Å². The summed E-state index contributed by atoms with van der Waals surface area (Å²) < 4.78 is 39.8. The van der Waals surface area contributed by atoms with E-state index in [1.165, 1.54) is 34.6 Å². The van der Waals surface area contributed by atoms with Gasteiger partial charge >= 0.3 is 12.3 Å². The van der Waals surface area contributed by atoms with E-state index in [-0.39, 0.29) is 5.56 Å². The van der Waals surface area contributed by atoms with Gasteiger partial charge < -0.3 is 10.0 Å². The highest BCUT2D eigenvalue weighted by Gasteiger charge is 2.34. The lowest BCUT2D eigenvalue weighted by Crippen LogP contribution is -2.47. The van der Waals surface area contributed by atoms with Crippen molar-refractivity contribution < 1.29 is 23.1 Å². The molecule has 134 valence electrons. The number of aromatic nitrogens is 1. The fourth-order valence-electron chi connectivity index (χ4n) is 2.83. The number of rotatable bonds is 3. The van der Waals surface area contributed by atoms with Gasteiger partial charge in [-0.2, -0.15) is 13.2 Å². The average Bonchev–Trinajstić information content (AvgIpc) is 3.08. The Bertz CT molecular complexity index is 742. The van der Waals surface area contributed by atoms with Gasteiger partial charge in [0.2, 0.25) is 0 Å². The van der Waals surface area contributed by atoms with E-state index in [1.807, 2.05) is 4.90 Å². The molecule has 1 amide bonds. The van der Waals surface area contributed by atoms with Gasteiger partial charge in [0.05, 0.1) is 5.56 Å². The van der Waals surface area contributed by atoms with Gasteiger partial charge in [-0.3, -0.25) is 4.90 Å². The molecular weight excluding hydrogens is 355 g/mol. The number of hydrogen-bond donors (Lipinski definition) is 1. The Labute approximate surface area is 146 Å². The Morgan fingerprint density at radius 1 is 1.24 bits per heavy atom. The molecule has 2 heterocycles. The topological polar surface area (TPSA) is 56.7 Å². The van der Waals surface area contributed by atoms with Gasteiger partial charge in [-0.25, -0.2) is 9.78 Å². The van der Waals surface area contributed by atoms with Crippen LogP contribution < -0.4 is 0 Å². The van der Waals surface area contributed by atoms with Crippen molar-refractivity contribution in [2.45, 2.75) is 12.7 Å². The summed E-state index contributed by atoms with van der Waals surface area (Å²) in [6.07, 6.45) is -3.90. The summed E-state index contributed by atoms with van der Waals surface area (Å²) >= 11 is 1.17. The van der Waals surface area contributed by atoms with E-state index >= 15 is 0 Å². The van der Waals surface area contributed by atoms with Gasteiger partial charge in [0.25, 0.3) is 0 Å². The first-order chi connectivity index (χ1) is 11.8. The number of alkyl halides is 3. The molecule has 0 spiro atoms. The molecule has 0 unspecified atom stereocenters. The standard InChI is InChI=1S/C16H16F3N3O2S/c17-16(18,19)13-2-1-11(9-12(13)14-20-3-8-25-14)10-21-4-6-22(7-5-21)15(23)24/h1-3,8-9H,4-7,10H2,(H,23,24). The Morgan fingerprint density at radius 3 is 2.52 bits per heavy atom. The minimum Gasteiger partial charge on any atom is -0.465 e. The Morgan fingerprint density at radius 2 is 1.96 bits per heavy atom. The van der Waals surface area contributed by atoms with Gasteiger partial charge in [0.15, 0.2) is 0 Å². The Balaban J connectivity index is 1.79. The number of benzene rings is 1. The Hall–Kier alpha value is -2.13. The molecule has 1 aliphatic rings. The molecule has 1 saturated heterocycles. The minimum absolute atomic E-state index is 0.0872. The summed E-state index contributed by atoms with van der Waals surface area (Å²) in [4.78, 5) is 18.3. The first kappa shape index (κ1) is 17.7. The fraction of sp³-hybridized carbons (Fsp3) is 0.375. The van der Waals surface area contributed by atoms with Gasteiger partial charge in [0.1, 0.15) is 5.01 Å². The molecule has 0 radical (unpaired) electrons. The average molecular weight is 371 g/mol. The van der Waals surface area contributed by atoms with Crippen molar-refractivity contribution in [3.05, 3.63) is 40.9 Å². The quantitative estimate of drug-likeness (QED) is 0.895. The number of thiazole rings is 1. The summed E-state index contributed by atoms with van der Waals surface area (Å²) in [7, 11) is 0. The zero-order valence-corrected chi connectivity index (χ0v) is 14.0. The molecule has 3 rings (SSSR count). The summed E-state index contributed by atoms with van der Waals surface area (Å²) in [6.45, 7) is 2.38. The van der Waals surface area contributed by atoms with Crippen LogP contribution in [0.3, 0.4) is 0 Å². The predicted molar refractivity (Wildman–Crippen MR) is 87.4 cm³/mol. The molecule has 5 nitrogen and oxygen atoms in total. The van der Waals surface area contributed by atoms with Crippen molar-refractivity contribution in [3.8, 4) is 10.6 Å². The second-order valence-corrected chi connectivity index (χ2v) is 6.66. The maximum absolute atomic E-state index is 13.3. The highest BCUT2D eigenvalue weighted by atomic mass is 32.1. The molecule has 2 aromatic rings. The van der Waals surface area contributed by atoms with Crippen LogP contribution in [0.25, 0.3) is 10.6 Å². The van der Waals surface area contributed by atoms with Crippen LogP contribution in [0.2, 0.25) is 0 Å². The smallest absolute Gasteiger partial charge is 0.417 e. The highest BCUT2D eigenvalue weighted by Crippen LogP contribution is 2.38. The van der Waals surface area contributed by atoms with Crippen LogP contribution in [0, 0.1) is 0 Å². The van der Waals surface area contributed by atoms with Crippen LogP contribution in [0.15, 0.2) is 29.8 Å². The van der Waals surface area contributed by atoms with Gasteiger partial charge in [-0.05, 0) is 17.7 Å². The second-order valence-electron chi connectivity index (χ2n) is 5.76. The molecule has 1 aromatic heterocycles. The number of carbonyl (C=O) groups is 1. The van der Waals surface area contributed by atoms with Crippen molar-refractivity contribution in [3.63, 3.8) is 0 Å². The molecule has 0 bridgehead atoms. The molecule has 1 fully saturated rings. The highest BCUT2D eigenvalue weighted by molar-refractivity contribution is 7.13. The number of piperazine rings is 1. The van der Waals surface area contributed by atoms with Crippen LogP contribution in [-0.4, -0.2) is 52.2 Å². The third kappa shape index (κ3) is 4.10. The van der Waals surface area contributed by atoms with E-state index in [9.17, 15) is 18.0 Å². The SMILES string of the molecule is O=C(O)N1CCN(Cc2ccc(C(F)(F)F)c(-c3nccs3)c2)CC1. The van der Waals surface area contributed by atoms with Crippen molar-refractivity contribution in [1.29, 1.82) is 0 Å². The molecule has 0 saturated carbocycles. The number of halogens is 3. The van der Waals surface area contributed by atoms with Crippen LogP contribution in [0.5, 0.6) is 0 Å². The molecule has 1 aromatic carbocycles. The summed E-state index contributed by atoms with van der Waals surface area (Å²) in [5.74, 6) is 0. The van der Waals surface area contributed by atoms with E-state index in [2.05, 4.69) is 4.98 Å². The maximum atomic E-state index is 13.3. The van der Waals surface area contributed by atoms with Crippen LogP contribution >= 0.6 is 11.3 Å². The zero-order chi connectivity index (χ0) is 18.0. The van der Waals surface area contributed by atoms with E-state index in [4.69, 9.17) is 5.11 Å². The third-order valence-electron chi connectivity index (χ3n) is 4.10. The molecule has 1 aliphatic heterocycles. The lowest BCUT2D eigenvalue weighted by molar-refractivity contribution is -0.137. The number of carboxylic acid groups (broad SMARTS) is 1. The maximum Gasteiger partial charge on any atom is 0.417 e. The number of amides is 1. The normalized spacial score (nSPS) is 16.2. The van der Waals surface area contributed by atoms with E-state index in [0.717, 1.165) is 11.6 Å². The second kappa shape index (κ2) is 7.01. The molecule has 25 heavy (non-hydrogen) atoms. The van der Waals surface area contributed by atoms with Crippen LogP contribution in [0.4, 0.5) is 18.0 Å². The van der Waals surface area contributed by atoms with Gasteiger partial charge in [0, 0.05) is 49.9 Å². The first-order valence-corrected chi connectivity index (χ1v) is 8.53. The number of hydrogen-bond acceptors (Lipinski definition) is 4. The largest absolute Gasteiger partial charge is 0.465 e. The molecule has 0 aliphatic carbocycles. The van der Waals surface area contributed by atoms with Gasteiger partial charge in [-0.15, -0.1) is 11.3 Å². The zero-order valence-electron chi connectivity index (χ0n) is 13.2. The first-order valence-electron chi connectivity index (χ1n) is 7.65. The lowest BCUT2D eigenvalue weighted by atomic mass is 10.0. The summed E-state index contributed by atoms with van der Waals surface area (Å²) in [5.41, 5.74) is 0.146. The monoisotopic (exact) mass is 371 g/mol. The Kier molecular flexibility index (Phi) is 4.96. The van der Waals surface area contributed by atoms with Crippen molar-refractivity contribution >= 4 is 17.4 Å². The van der Waals surface area contributed by atoms with Crippen molar-refractivity contribution in [2.24, 2.45) is 0 Å². The minimum atomic E-state index is -4.44. The third-order valence-corrected chi connectivity index (χ3v) is 4.91. The van der Waals surface area contributed by atoms with Crippen molar-refractivity contribution in [1.82, 2.24) is 14.8 Å². The summed E-state index contributed by atoms with van der Waals surface area (Å²) in [6, 6.07) is 4.11. The molecule has 1 N–H and O–H groups in total. The lowest BCUT2D eigenvalue weighted by Gasteiger charge is -2.33. The number of nitrogens with zero attached hydrogens (tertiary/aromatic N) is 3. The van der Waals surface area contributed by atoms with Crippen LogP contribution in [0.1, 0.15) is 11.1 Å². The van der Waals surface area contributed by atoms with E-state index < -0.39 is 17.8 Å². The molecule has 0 atom stereocenters.